The van der Waals surface area contributed by atoms with Crippen LogP contribution < -0.4 is 0 Å². The Morgan fingerprint density at radius 2 is 1.69 bits per heavy atom. The van der Waals surface area contributed by atoms with E-state index in [1.54, 1.807) is 25.1 Å². The van der Waals surface area contributed by atoms with Crippen molar-refractivity contribution in [1.29, 1.82) is 0 Å². The van der Waals surface area contributed by atoms with Gasteiger partial charge in [-0.2, -0.15) is 8.42 Å². The third-order valence-electron chi connectivity index (χ3n) is 2.33. The van der Waals surface area contributed by atoms with E-state index in [4.69, 9.17) is 4.55 Å². The van der Waals surface area contributed by atoms with Gasteiger partial charge in [0.25, 0.3) is 10.1 Å². The Labute approximate surface area is 117 Å². The fraction of sp³-hybridized carbons (Fsp3) is 0.0909. The van der Waals surface area contributed by atoms with Crippen LogP contribution in [0.25, 0.3) is 10.8 Å². The van der Waals surface area contributed by atoms with Crippen molar-refractivity contribution < 1.29 is 13.0 Å². The number of benzene rings is 2. The molecular formula is C11H10NaO3S. The molecule has 0 aliphatic carbocycles. The second-order valence-electron chi connectivity index (χ2n) is 3.41. The molecule has 0 saturated heterocycles. The molecule has 3 nitrogen and oxygen atoms in total. The standard InChI is InChI=1S/C11H10O3S.Na/c1-8-6-7-9-4-2-3-5-10(9)11(8)15(12,13)14;/h2-7H,1H3,(H,12,13,14);. The Bertz CT molecular complexity index is 620. The van der Waals surface area contributed by atoms with E-state index in [-0.39, 0.29) is 34.5 Å². The molecule has 1 N–H and O–H groups in total. The van der Waals surface area contributed by atoms with Crippen LogP contribution in [0.4, 0.5) is 0 Å². The minimum Gasteiger partial charge on any atom is -0.282 e. The zero-order valence-electron chi connectivity index (χ0n) is 9.14. The molecule has 0 aliphatic heterocycles. The van der Waals surface area contributed by atoms with Crippen molar-refractivity contribution in [1.82, 2.24) is 0 Å². The second kappa shape index (κ2) is 4.85. The topological polar surface area (TPSA) is 54.4 Å². The maximum atomic E-state index is 11.2. The smallest absolute Gasteiger partial charge is 0.282 e. The van der Waals surface area contributed by atoms with E-state index in [1.165, 1.54) is 0 Å². The average molecular weight is 245 g/mol. The molecule has 0 atom stereocenters. The van der Waals surface area contributed by atoms with Crippen molar-refractivity contribution in [3.8, 4) is 0 Å². The first-order chi connectivity index (χ1) is 7.00. The maximum absolute atomic E-state index is 11.2. The fourth-order valence-corrected chi connectivity index (χ4v) is 2.63. The molecule has 16 heavy (non-hydrogen) atoms. The summed E-state index contributed by atoms with van der Waals surface area (Å²) >= 11 is 0. The van der Waals surface area contributed by atoms with Gasteiger partial charge in [-0.3, -0.25) is 4.55 Å². The Hall–Kier alpha value is -0.390. The van der Waals surface area contributed by atoms with Gasteiger partial charge in [-0.05, 0) is 17.9 Å². The number of hydrogen-bond acceptors (Lipinski definition) is 2. The normalized spacial score (nSPS) is 11.1. The molecule has 0 fully saturated rings. The summed E-state index contributed by atoms with van der Waals surface area (Å²) in [6, 6.07) is 10.6. The van der Waals surface area contributed by atoms with Crippen LogP contribution in [0.1, 0.15) is 5.56 Å². The second-order valence-corrected chi connectivity index (χ2v) is 4.77. The molecule has 2 rings (SSSR count). The van der Waals surface area contributed by atoms with E-state index in [0.717, 1.165) is 5.39 Å². The Morgan fingerprint density at radius 1 is 1.06 bits per heavy atom. The summed E-state index contributed by atoms with van der Waals surface area (Å²) in [5, 5.41) is 1.36. The zero-order valence-corrected chi connectivity index (χ0v) is 12.0. The minimum atomic E-state index is -4.16. The van der Waals surface area contributed by atoms with Crippen LogP contribution in [0.5, 0.6) is 0 Å². The summed E-state index contributed by atoms with van der Waals surface area (Å²) in [5.41, 5.74) is 0.552. The Balaban J connectivity index is 0.00000128. The first kappa shape index (κ1) is 13.7. The fourth-order valence-electron chi connectivity index (χ4n) is 1.69. The molecule has 0 heterocycles. The van der Waals surface area contributed by atoms with Crippen molar-refractivity contribution in [2.24, 2.45) is 0 Å². The van der Waals surface area contributed by atoms with E-state index in [2.05, 4.69) is 0 Å². The first-order valence-electron chi connectivity index (χ1n) is 4.46. The zero-order chi connectivity index (χ0) is 11.1. The predicted octanol–water partition coefficient (Wildman–Crippen LogP) is 2.01. The van der Waals surface area contributed by atoms with Crippen molar-refractivity contribution in [3.05, 3.63) is 42.0 Å². The van der Waals surface area contributed by atoms with Gasteiger partial charge < -0.3 is 0 Å². The molecule has 0 amide bonds. The van der Waals surface area contributed by atoms with Crippen molar-refractivity contribution in [2.75, 3.05) is 0 Å². The van der Waals surface area contributed by atoms with E-state index in [0.29, 0.717) is 10.9 Å². The average Bonchev–Trinajstić information content (AvgIpc) is 2.15. The molecule has 0 spiro atoms. The third kappa shape index (κ3) is 2.47. The molecule has 79 valence electrons. The monoisotopic (exact) mass is 245 g/mol. The molecule has 0 aromatic heterocycles. The summed E-state index contributed by atoms with van der Waals surface area (Å²) in [4.78, 5) is 0.000556. The van der Waals surface area contributed by atoms with Crippen LogP contribution in [0.2, 0.25) is 0 Å². The van der Waals surface area contributed by atoms with Crippen molar-refractivity contribution in [2.45, 2.75) is 11.8 Å². The number of aryl methyl sites for hydroxylation is 1. The predicted molar refractivity (Wildman–Crippen MR) is 64.3 cm³/mol. The summed E-state index contributed by atoms with van der Waals surface area (Å²) in [7, 11) is -4.16. The van der Waals surface area contributed by atoms with Gasteiger partial charge in [0.2, 0.25) is 0 Å². The van der Waals surface area contributed by atoms with Crippen LogP contribution in [0.3, 0.4) is 0 Å². The van der Waals surface area contributed by atoms with Crippen LogP contribution >= 0.6 is 0 Å². The number of rotatable bonds is 1. The van der Waals surface area contributed by atoms with Gasteiger partial charge >= 0.3 is 0 Å². The van der Waals surface area contributed by atoms with E-state index >= 15 is 0 Å². The van der Waals surface area contributed by atoms with E-state index in [9.17, 15) is 8.42 Å². The van der Waals surface area contributed by atoms with Gasteiger partial charge in [0.15, 0.2) is 0 Å². The third-order valence-corrected chi connectivity index (χ3v) is 3.39. The number of hydrogen-bond donors (Lipinski definition) is 1. The quantitative estimate of drug-likeness (QED) is 0.617. The molecule has 0 aliphatic rings. The Kier molecular flexibility index (Phi) is 4.15. The summed E-state index contributed by atoms with van der Waals surface area (Å²) in [6.07, 6.45) is 0. The van der Waals surface area contributed by atoms with Gasteiger partial charge in [-0.15, -0.1) is 0 Å². The van der Waals surface area contributed by atoms with Gasteiger partial charge in [0, 0.05) is 34.9 Å². The maximum Gasteiger partial charge on any atom is 0.295 e. The Morgan fingerprint density at radius 3 is 2.31 bits per heavy atom. The van der Waals surface area contributed by atoms with Crippen molar-refractivity contribution >= 4 is 50.4 Å². The molecule has 5 heteroatoms. The van der Waals surface area contributed by atoms with Crippen LogP contribution in [-0.4, -0.2) is 42.5 Å². The van der Waals surface area contributed by atoms with Crippen molar-refractivity contribution in [3.63, 3.8) is 0 Å². The van der Waals surface area contributed by atoms with Gasteiger partial charge in [-0.1, -0.05) is 36.4 Å². The SMILES string of the molecule is Cc1ccc2ccccc2c1S(=O)(=O)O.[Na]. The number of fused-ring (bicyclic) bond motifs is 1. The molecule has 2 aromatic rings. The van der Waals surface area contributed by atoms with Crippen LogP contribution in [-0.2, 0) is 10.1 Å². The van der Waals surface area contributed by atoms with Crippen LogP contribution in [0.15, 0.2) is 41.3 Å². The summed E-state index contributed by atoms with van der Waals surface area (Å²) < 4.78 is 31.6. The first-order valence-corrected chi connectivity index (χ1v) is 5.90. The van der Waals surface area contributed by atoms with E-state index in [1.807, 2.05) is 18.2 Å². The van der Waals surface area contributed by atoms with Gasteiger partial charge in [-0.25, -0.2) is 0 Å². The van der Waals surface area contributed by atoms with E-state index < -0.39 is 10.1 Å². The van der Waals surface area contributed by atoms with Crippen LogP contribution in [0, 0.1) is 6.92 Å². The minimum absolute atomic E-state index is 0. The molecule has 2 aromatic carbocycles. The largest absolute Gasteiger partial charge is 0.295 e. The molecule has 0 unspecified atom stereocenters. The summed E-state index contributed by atoms with van der Waals surface area (Å²) in [5.74, 6) is 0. The van der Waals surface area contributed by atoms with Gasteiger partial charge in [0.05, 0.1) is 0 Å². The van der Waals surface area contributed by atoms with Gasteiger partial charge in [0.1, 0.15) is 4.90 Å². The molecule has 0 saturated carbocycles. The molecule has 0 bridgehead atoms. The molecule has 1 radical (unpaired) electrons. The molecular weight excluding hydrogens is 235 g/mol. The summed E-state index contributed by atoms with van der Waals surface area (Å²) in [6.45, 7) is 1.66.